The first-order valence-electron chi connectivity index (χ1n) is 10.3. The van der Waals surface area contributed by atoms with Crippen LogP contribution < -0.4 is 5.32 Å². The molecule has 2 aliphatic heterocycles. The molecule has 156 valence electrons. The Labute approximate surface area is 169 Å². The summed E-state index contributed by atoms with van der Waals surface area (Å²) in [5.41, 5.74) is 2.03. The van der Waals surface area contributed by atoms with Crippen molar-refractivity contribution in [1.82, 2.24) is 24.8 Å². The van der Waals surface area contributed by atoms with Crippen LogP contribution in [0.25, 0.3) is 11.2 Å². The molecule has 0 radical (unpaired) electrons. The Morgan fingerprint density at radius 1 is 1.21 bits per heavy atom. The van der Waals surface area contributed by atoms with Crippen LogP contribution in [0.1, 0.15) is 49.0 Å². The number of piperidine rings is 1. The van der Waals surface area contributed by atoms with Crippen molar-refractivity contribution in [1.29, 1.82) is 0 Å². The lowest BCUT2D eigenvalue weighted by Gasteiger charge is -2.31. The lowest BCUT2D eigenvalue weighted by Crippen LogP contribution is -2.46. The fourth-order valence-electron chi connectivity index (χ4n) is 3.96. The molecular weight excluding hydrogens is 374 g/mol. The standard InChI is InChI=1S/C20H27N5O4/c1-2-29-20(27)24-7-3-15(4-8-24)23-19(26)14-11-17-18(21-12-14)25(13-22-17)16-5-9-28-10-6-16/h11-13,15-16H,2-10H2,1H3,(H,23,26). The first-order chi connectivity index (χ1) is 14.2. The van der Waals surface area contributed by atoms with E-state index in [-0.39, 0.29) is 18.0 Å². The number of carbonyl (C=O) groups is 2. The van der Waals surface area contributed by atoms with Gasteiger partial charge in [-0.25, -0.2) is 14.8 Å². The Morgan fingerprint density at radius 3 is 2.69 bits per heavy atom. The number of amides is 2. The fraction of sp³-hybridized carbons (Fsp3) is 0.600. The zero-order chi connectivity index (χ0) is 20.2. The molecule has 2 saturated heterocycles. The van der Waals surface area contributed by atoms with E-state index in [9.17, 15) is 9.59 Å². The van der Waals surface area contributed by atoms with Gasteiger partial charge in [0, 0.05) is 44.6 Å². The lowest BCUT2D eigenvalue weighted by atomic mass is 10.0. The van der Waals surface area contributed by atoms with Gasteiger partial charge < -0.3 is 24.3 Å². The third-order valence-electron chi connectivity index (χ3n) is 5.62. The number of hydrogen-bond donors (Lipinski definition) is 1. The highest BCUT2D eigenvalue weighted by molar-refractivity contribution is 5.96. The van der Waals surface area contributed by atoms with Crippen LogP contribution in [0.4, 0.5) is 4.79 Å². The third kappa shape index (κ3) is 4.34. The van der Waals surface area contributed by atoms with E-state index in [4.69, 9.17) is 9.47 Å². The SMILES string of the molecule is CCOC(=O)N1CCC(NC(=O)c2cnc3c(c2)ncn3C2CCOCC2)CC1. The smallest absolute Gasteiger partial charge is 0.409 e. The van der Waals surface area contributed by atoms with Crippen molar-refractivity contribution < 1.29 is 19.1 Å². The highest BCUT2D eigenvalue weighted by Gasteiger charge is 2.25. The van der Waals surface area contributed by atoms with Gasteiger partial charge in [0.15, 0.2) is 5.65 Å². The largest absolute Gasteiger partial charge is 0.450 e. The van der Waals surface area contributed by atoms with E-state index < -0.39 is 0 Å². The van der Waals surface area contributed by atoms with Crippen molar-refractivity contribution in [2.75, 3.05) is 32.9 Å². The monoisotopic (exact) mass is 401 g/mol. The average Bonchev–Trinajstić information content (AvgIpc) is 3.18. The molecule has 0 aromatic carbocycles. The van der Waals surface area contributed by atoms with Gasteiger partial charge in [0.25, 0.3) is 5.91 Å². The normalized spacial score (nSPS) is 18.7. The van der Waals surface area contributed by atoms with E-state index in [0.29, 0.717) is 44.1 Å². The van der Waals surface area contributed by atoms with Gasteiger partial charge in [0.2, 0.25) is 0 Å². The molecule has 2 aromatic heterocycles. The summed E-state index contributed by atoms with van der Waals surface area (Å²) < 4.78 is 12.5. The van der Waals surface area contributed by atoms with Crippen molar-refractivity contribution in [2.24, 2.45) is 0 Å². The zero-order valence-corrected chi connectivity index (χ0v) is 16.7. The van der Waals surface area contributed by atoms with Crippen LogP contribution in [0, 0.1) is 0 Å². The molecule has 0 bridgehead atoms. The fourth-order valence-corrected chi connectivity index (χ4v) is 3.96. The topological polar surface area (TPSA) is 98.6 Å². The number of ether oxygens (including phenoxy) is 2. The van der Waals surface area contributed by atoms with Crippen LogP contribution >= 0.6 is 0 Å². The second-order valence-corrected chi connectivity index (χ2v) is 7.50. The van der Waals surface area contributed by atoms with Gasteiger partial charge in [-0.15, -0.1) is 0 Å². The minimum atomic E-state index is -0.285. The van der Waals surface area contributed by atoms with Crippen molar-refractivity contribution in [3.63, 3.8) is 0 Å². The van der Waals surface area contributed by atoms with Gasteiger partial charge in [0.1, 0.15) is 5.52 Å². The molecule has 2 fully saturated rings. The summed E-state index contributed by atoms with van der Waals surface area (Å²) in [4.78, 5) is 35.1. The van der Waals surface area contributed by atoms with Gasteiger partial charge in [0.05, 0.1) is 18.5 Å². The summed E-state index contributed by atoms with van der Waals surface area (Å²) in [5.74, 6) is -0.158. The molecule has 9 nitrogen and oxygen atoms in total. The highest BCUT2D eigenvalue weighted by Crippen LogP contribution is 2.25. The third-order valence-corrected chi connectivity index (χ3v) is 5.62. The number of hydrogen-bond acceptors (Lipinski definition) is 6. The Bertz CT molecular complexity index is 869. The maximum atomic E-state index is 12.7. The van der Waals surface area contributed by atoms with E-state index >= 15 is 0 Å². The van der Waals surface area contributed by atoms with Crippen molar-refractivity contribution in [3.8, 4) is 0 Å². The molecule has 4 heterocycles. The van der Waals surface area contributed by atoms with Crippen LogP contribution in [0.15, 0.2) is 18.6 Å². The predicted octanol–water partition coefficient (Wildman–Crippen LogP) is 2.13. The van der Waals surface area contributed by atoms with E-state index in [1.165, 1.54) is 0 Å². The van der Waals surface area contributed by atoms with Gasteiger partial charge >= 0.3 is 6.09 Å². The zero-order valence-electron chi connectivity index (χ0n) is 16.7. The minimum absolute atomic E-state index is 0.0312. The number of nitrogens with one attached hydrogen (secondary N) is 1. The first-order valence-corrected chi connectivity index (χ1v) is 10.3. The van der Waals surface area contributed by atoms with Gasteiger partial charge in [-0.2, -0.15) is 0 Å². The average molecular weight is 401 g/mol. The van der Waals surface area contributed by atoms with Crippen LogP contribution in [0.3, 0.4) is 0 Å². The van der Waals surface area contributed by atoms with Crippen LogP contribution in [-0.2, 0) is 9.47 Å². The summed E-state index contributed by atoms with van der Waals surface area (Å²) in [6, 6.07) is 2.16. The van der Waals surface area contributed by atoms with Crippen molar-refractivity contribution >= 4 is 23.2 Å². The molecule has 0 spiro atoms. The van der Waals surface area contributed by atoms with Gasteiger partial charge in [-0.05, 0) is 38.7 Å². The quantitative estimate of drug-likeness (QED) is 0.843. The Kier molecular flexibility index (Phi) is 5.94. The van der Waals surface area contributed by atoms with E-state index in [0.717, 1.165) is 37.2 Å². The number of nitrogens with zero attached hydrogens (tertiary/aromatic N) is 4. The first kappa shape index (κ1) is 19.6. The Balaban J connectivity index is 1.37. The van der Waals surface area contributed by atoms with Gasteiger partial charge in [-0.3, -0.25) is 4.79 Å². The maximum Gasteiger partial charge on any atom is 0.409 e. The molecule has 0 unspecified atom stereocenters. The highest BCUT2D eigenvalue weighted by atomic mass is 16.6. The van der Waals surface area contributed by atoms with Crippen LogP contribution in [-0.4, -0.2) is 70.4 Å². The predicted molar refractivity (Wildman–Crippen MR) is 106 cm³/mol. The maximum absolute atomic E-state index is 12.7. The van der Waals surface area contributed by atoms with Crippen molar-refractivity contribution in [3.05, 3.63) is 24.2 Å². The summed E-state index contributed by atoms with van der Waals surface area (Å²) >= 11 is 0. The Hall–Kier alpha value is -2.68. The summed E-state index contributed by atoms with van der Waals surface area (Å²) in [6.45, 7) is 4.82. The Morgan fingerprint density at radius 2 is 1.97 bits per heavy atom. The number of pyridine rings is 1. The number of fused-ring (bicyclic) bond motifs is 1. The van der Waals surface area contributed by atoms with E-state index in [1.54, 1.807) is 30.4 Å². The van der Waals surface area contributed by atoms with Gasteiger partial charge in [-0.1, -0.05) is 0 Å². The van der Waals surface area contributed by atoms with E-state index in [2.05, 4.69) is 19.9 Å². The van der Waals surface area contributed by atoms with Crippen LogP contribution in [0.5, 0.6) is 0 Å². The molecule has 2 aromatic rings. The summed E-state index contributed by atoms with van der Waals surface area (Å²) in [5, 5.41) is 3.05. The molecule has 2 amide bonds. The van der Waals surface area contributed by atoms with E-state index in [1.807, 2.05) is 0 Å². The molecule has 0 atom stereocenters. The van der Waals surface area contributed by atoms with Crippen molar-refractivity contribution in [2.45, 2.75) is 44.7 Å². The molecule has 4 rings (SSSR count). The number of likely N-dealkylation sites (tertiary alicyclic amines) is 1. The lowest BCUT2D eigenvalue weighted by molar-refractivity contribution is 0.0704. The number of rotatable bonds is 4. The second kappa shape index (κ2) is 8.77. The number of aromatic nitrogens is 3. The molecule has 0 aliphatic carbocycles. The summed E-state index contributed by atoms with van der Waals surface area (Å²) in [7, 11) is 0. The molecule has 9 heteroatoms. The molecule has 2 aliphatic rings. The van der Waals surface area contributed by atoms with Crippen LogP contribution in [0.2, 0.25) is 0 Å². The molecule has 1 N–H and O–H groups in total. The molecule has 29 heavy (non-hydrogen) atoms. The summed E-state index contributed by atoms with van der Waals surface area (Å²) in [6.07, 6.45) is 6.44. The number of carbonyl (C=O) groups excluding carboxylic acids is 2. The molecular formula is C20H27N5O4. The number of imidazole rings is 1. The molecule has 0 saturated carbocycles. The minimum Gasteiger partial charge on any atom is -0.450 e. The second-order valence-electron chi connectivity index (χ2n) is 7.50.